The fraction of sp³-hybridized carbons (Fsp3) is 0.167. The average molecular weight is 332 g/mol. The molecule has 0 saturated heterocycles. The van der Waals surface area contributed by atoms with Gasteiger partial charge < -0.3 is 14.6 Å². The Hall–Kier alpha value is -3.15. The third-order valence-electron chi connectivity index (χ3n) is 2.36. The predicted octanol–water partition coefficient (Wildman–Crippen LogP) is 3.02. The van der Waals surface area contributed by atoms with Crippen molar-refractivity contribution in [3.8, 4) is 0 Å². The van der Waals surface area contributed by atoms with Crippen LogP contribution in [-0.2, 0) is 14.3 Å². The number of benzene rings is 1. The minimum Gasteiger partial charge on any atom is -0.478 e. The van der Waals surface area contributed by atoms with E-state index in [0.29, 0.717) is 11.1 Å². The maximum atomic E-state index is 11.6. The zero-order valence-electron chi connectivity index (χ0n) is 13.5. The van der Waals surface area contributed by atoms with Crippen LogP contribution in [0.15, 0.2) is 61.7 Å². The van der Waals surface area contributed by atoms with E-state index in [1.165, 1.54) is 25.1 Å². The van der Waals surface area contributed by atoms with E-state index in [9.17, 15) is 14.4 Å². The van der Waals surface area contributed by atoms with Crippen molar-refractivity contribution in [3.05, 3.63) is 72.9 Å². The van der Waals surface area contributed by atoms with Crippen LogP contribution in [0.5, 0.6) is 0 Å². The van der Waals surface area contributed by atoms with E-state index >= 15 is 0 Å². The smallest absolute Gasteiger partial charge is 0.338 e. The quantitative estimate of drug-likeness (QED) is 0.469. The molecule has 0 spiro atoms. The van der Waals surface area contributed by atoms with Gasteiger partial charge in [-0.15, -0.1) is 0 Å². The minimum absolute atomic E-state index is 0.129. The maximum absolute atomic E-state index is 11.6. The van der Waals surface area contributed by atoms with Crippen LogP contribution in [0.25, 0.3) is 0 Å². The molecule has 6 nitrogen and oxygen atoms in total. The van der Waals surface area contributed by atoms with E-state index < -0.39 is 17.9 Å². The van der Waals surface area contributed by atoms with Crippen molar-refractivity contribution in [2.45, 2.75) is 6.92 Å². The SMILES string of the molecule is C=C(C)C(=O)O.C=CCOC(=O)c1cccc(C(=O)OCC=C)c1. The van der Waals surface area contributed by atoms with Gasteiger partial charge in [0, 0.05) is 5.57 Å². The van der Waals surface area contributed by atoms with Gasteiger partial charge in [0.15, 0.2) is 0 Å². The Labute approximate surface area is 140 Å². The molecule has 24 heavy (non-hydrogen) atoms. The van der Waals surface area contributed by atoms with Crippen LogP contribution < -0.4 is 0 Å². The number of aliphatic carboxylic acids is 1. The van der Waals surface area contributed by atoms with E-state index in [1.54, 1.807) is 18.2 Å². The summed E-state index contributed by atoms with van der Waals surface area (Å²) in [7, 11) is 0. The first kappa shape index (κ1) is 20.9. The van der Waals surface area contributed by atoms with Crippen molar-refractivity contribution in [1.82, 2.24) is 0 Å². The highest BCUT2D eigenvalue weighted by atomic mass is 16.5. The van der Waals surface area contributed by atoms with Gasteiger partial charge in [0.1, 0.15) is 13.2 Å². The second-order valence-corrected chi connectivity index (χ2v) is 4.44. The van der Waals surface area contributed by atoms with Crippen LogP contribution in [0.1, 0.15) is 27.6 Å². The molecule has 0 heterocycles. The van der Waals surface area contributed by atoms with E-state index in [0.717, 1.165) is 0 Å². The zero-order chi connectivity index (χ0) is 18.5. The van der Waals surface area contributed by atoms with Gasteiger partial charge in [-0.3, -0.25) is 0 Å². The number of hydrogen-bond acceptors (Lipinski definition) is 5. The van der Waals surface area contributed by atoms with Gasteiger partial charge in [-0.25, -0.2) is 14.4 Å². The Bertz CT molecular complexity index is 579. The summed E-state index contributed by atoms with van der Waals surface area (Å²) in [6.45, 7) is 11.7. The van der Waals surface area contributed by atoms with E-state index in [2.05, 4.69) is 19.7 Å². The van der Waals surface area contributed by atoms with Crippen molar-refractivity contribution in [1.29, 1.82) is 0 Å². The first-order valence-corrected chi connectivity index (χ1v) is 6.88. The van der Waals surface area contributed by atoms with Gasteiger partial charge in [0.2, 0.25) is 0 Å². The lowest BCUT2D eigenvalue weighted by atomic mass is 10.1. The Kier molecular flexibility index (Phi) is 9.92. The van der Waals surface area contributed by atoms with E-state index in [1.807, 2.05) is 0 Å². The fourth-order valence-electron chi connectivity index (χ4n) is 1.21. The molecule has 0 saturated carbocycles. The summed E-state index contributed by atoms with van der Waals surface area (Å²) >= 11 is 0. The Morgan fingerprint density at radius 1 is 1.04 bits per heavy atom. The second-order valence-electron chi connectivity index (χ2n) is 4.44. The van der Waals surface area contributed by atoms with Gasteiger partial charge >= 0.3 is 17.9 Å². The molecule has 6 heteroatoms. The second kappa shape index (κ2) is 11.4. The molecule has 0 aliphatic carbocycles. The number of carbonyl (C=O) groups excluding carboxylic acids is 2. The van der Waals surface area contributed by atoms with Gasteiger partial charge in [0.05, 0.1) is 11.1 Å². The highest BCUT2D eigenvalue weighted by molar-refractivity contribution is 5.95. The first-order valence-electron chi connectivity index (χ1n) is 6.88. The molecule has 1 rings (SSSR count). The number of rotatable bonds is 7. The van der Waals surface area contributed by atoms with Gasteiger partial charge in [0.25, 0.3) is 0 Å². The fourth-order valence-corrected chi connectivity index (χ4v) is 1.21. The van der Waals surface area contributed by atoms with Crippen molar-refractivity contribution < 1.29 is 29.0 Å². The maximum Gasteiger partial charge on any atom is 0.338 e. The van der Waals surface area contributed by atoms with Crippen LogP contribution in [0.4, 0.5) is 0 Å². The summed E-state index contributed by atoms with van der Waals surface area (Å²) in [5.74, 6) is -1.95. The van der Waals surface area contributed by atoms with Crippen LogP contribution in [-0.4, -0.2) is 36.2 Å². The molecular weight excluding hydrogens is 312 g/mol. The molecule has 0 aliphatic heterocycles. The summed E-state index contributed by atoms with van der Waals surface area (Å²) in [6, 6.07) is 6.15. The third-order valence-corrected chi connectivity index (χ3v) is 2.36. The van der Waals surface area contributed by atoms with Gasteiger partial charge in [-0.1, -0.05) is 38.0 Å². The first-order chi connectivity index (χ1) is 11.3. The lowest BCUT2D eigenvalue weighted by molar-refractivity contribution is -0.132. The van der Waals surface area contributed by atoms with E-state index in [4.69, 9.17) is 14.6 Å². The summed E-state index contributed by atoms with van der Waals surface area (Å²) in [5, 5.41) is 7.89. The van der Waals surface area contributed by atoms with E-state index in [-0.39, 0.29) is 18.8 Å². The number of carbonyl (C=O) groups is 3. The summed E-state index contributed by atoms with van der Waals surface area (Å²) in [5.41, 5.74) is 0.768. The lowest BCUT2D eigenvalue weighted by Crippen LogP contribution is -2.09. The molecule has 1 aromatic carbocycles. The molecule has 0 aromatic heterocycles. The zero-order valence-corrected chi connectivity index (χ0v) is 13.5. The Morgan fingerprint density at radius 2 is 1.42 bits per heavy atom. The molecule has 0 fully saturated rings. The molecular formula is C18H20O6. The number of ether oxygens (including phenoxy) is 2. The molecule has 0 unspecified atom stereocenters. The van der Waals surface area contributed by atoms with Gasteiger partial charge in [-0.2, -0.15) is 0 Å². The third kappa shape index (κ3) is 8.33. The van der Waals surface area contributed by atoms with Crippen molar-refractivity contribution in [2.75, 3.05) is 13.2 Å². The van der Waals surface area contributed by atoms with Crippen LogP contribution >= 0.6 is 0 Å². The molecule has 0 aliphatic rings. The monoisotopic (exact) mass is 332 g/mol. The lowest BCUT2D eigenvalue weighted by Gasteiger charge is -2.05. The largest absolute Gasteiger partial charge is 0.478 e. The molecule has 128 valence electrons. The Balaban J connectivity index is 0.000000754. The summed E-state index contributed by atoms with van der Waals surface area (Å²) < 4.78 is 9.74. The molecule has 1 aromatic rings. The molecule has 0 atom stereocenters. The summed E-state index contributed by atoms with van der Waals surface area (Å²) in [6.07, 6.45) is 2.94. The van der Waals surface area contributed by atoms with Gasteiger partial charge in [-0.05, 0) is 25.1 Å². The predicted molar refractivity (Wildman–Crippen MR) is 89.9 cm³/mol. The highest BCUT2D eigenvalue weighted by Crippen LogP contribution is 2.08. The Morgan fingerprint density at radius 3 is 1.71 bits per heavy atom. The number of carboxylic acids is 1. The highest BCUT2D eigenvalue weighted by Gasteiger charge is 2.11. The summed E-state index contributed by atoms with van der Waals surface area (Å²) in [4.78, 5) is 32.7. The number of esters is 2. The average Bonchev–Trinajstić information content (AvgIpc) is 2.58. The molecule has 0 bridgehead atoms. The topological polar surface area (TPSA) is 89.9 Å². The number of carboxylic acid groups (broad SMARTS) is 1. The van der Waals surface area contributed by atoms with Crippen molar-refractivity contribution >= 4 is 17.9 Å². The van der Waals surface area contributed by atoms with Crippen molar-refractivity contribution in [2.24, 2.45) is 0 Å². The van der Waals surface area contributed by atoms with Crippen molar-refractivity contribution in [3.63, 3.8) is 0 Å². The molecule has 0 radical (unpaired) electrons. The molecule has 1 N–H and O–H groups in total. The number of hydrogen-bond donors (Lipinski definition) is 1. The standard InChI is InChI=1S/C14H14O4.C4H6O2/c1-3-8-17-13(15)11-6-5-7-12(10-11)14(16)18-9-4-2;1-3(2)4(5)6/h3-7,10H,1-2,8-9H2;1H2,2H3,(H,5,6). The normalized spacial score (nSPS) is 8.88. The molecule has 0 amide bonds. The van der Waals surface area contributed by atoms with Crippen LogP contribution in [0.2, 0.25) is 0 Å². The van der Waals surface area contributed by atoms with Crippen LogP contribution in [0.3, 0.4) is 0 Å². The van der Waals surface area contributed by atoms with Crippen LogP contribution in [0, 0.1) is 0 Å². The minimum atomic E-state index is -0.935.